The van der Waals surface area contributed by atoms with Crippen LogP contribution in [0.25, 0.3) is 0 Å². The highest BCUT2D eigenvalue weighted by Gasteiger charge is 2.22. The molecular formula is C13H27NO2. The summed E-state index contributed by atoms with van der Waals surface area (Å²) >= 11 is 0. The van der Waals surface area contributed by atoms with Crippen molar-refractivity contribution in [3.8, 4) is 0 Å². The molecule has 0 aliphatic carbocycles. The van der Waals surface area contributed by atoms with Crippen molar-refractivity contribution in [2.24, 2.45) is 5.92 Å². The summed E-state index contributed by atoms with van der Waals surface area (Å²) < 4.78 is 5.84. The van der Waals surface area contributed by atoms with Crippen LogP contribution in [0.2, 0.25) is 0 Å². The standard InChI is InChI=1S/C13H27NO2/c1-12(2)11-16-13-6-8-14(10-13)7-4-3-5-9-15/h12-13,15H,3-11H2,1-2H3. The lowest BCUT2D eigenvalue weighted by molar-refractivity contribution is 0.0416. The van der Waals surface area contributed by atoms with Crippen LogP contribution in [0.5, 0.6) is 0 Å². The summed E-state index contributed by atoms with van der Waals surface area (Å²) in [5, 5.41) is 8.69. The lowest BCUT2D eigenvalue weighted by Gasteiger charge is -2.16. The number of likely N-dealkylation sites (tertiary alicyclic amines) is 1. The van der Waals surface area contributed by atoms with Crippen molar-refractivity contribution in [2.45, 2.75) is 45.6 Å². The predicted octanol–water partition coefficient (Wildman–Crippen LogP) is 1.90. The number of aliphatic hydroxyl groups excluding tert-OH is 1. The smallest absolute Gasteiger partial charge is 0.0714 e. The summed E-state index contributed by atoms with van der Waals surface area (Å²) in [5.41, 5.74) is 0. The van der Waals surface area contributed by atoms with E-state index in [1.807, 2.05) is 0 Å². The van der Waals surface area contributed by atoms with Crippen molar-refractivity contribution < 1.29 is 9.84 Å². The first-order valence-electron chi connectivity index (χ1n) is 6.67. The van der Waals surface area contributed by atoms with Gasteiger partial charge in [0, 0.05) is 26.3 Å². The van der Waals surface area contributed by atoms with Gasteiger partial charge in [-0.05, 0) is 38.1 Å². The van der Waals surface area contributed by atoms with E-state index in [0.717, 1.165) is 26.0 Å². The molecule has 1 unspecified atom stereocenters. The van der Waals surface area contributed by atoms with E-state index in [9.17, 15) is 0 Å². The quantitative estimate of drug-likeness (QED) is 0.645. The number of hydrogen-bond donors (Lipinski definition) is 1. The van der Waals surface area contributed by atoms with Crippen LogP contribution in [0.4, 0.5) is 0 Å². The number of unbranched alkanes of at least 4 members (excludes halogenated alkanes) is 2. The van der Waals surface area contributed by atoms with E-state index < -0.39 is 0 Å². The largest absolute Gasteiger partial charge is 0.396 e. The van der Waals surface area contributed by atoms with Crippen LogP contribution in [0.3, 0.4) is 0 Å². The number of rotatable bonds is 8. The second-order valence-electron chi connectivity index (χ2n) is 5.22. The minimum Gasteiger partial charge on any atom is -0.396 e. The van der Waals surface area contributed by atoms with Crippen LogP contribution in [0.15, 0.2) is 0 Å². The number of nitrogens with zero attached hydrogens (tertiary/aromatic N) is 1. The maximum absolute atomic E-state index is 8.69. The van der Waals surface area contributed by atoms with E-state index in [1.54, 1.807) is 0 Å². The van der Waals surface area contributed by atoms with Crippen molar-refractivity contribution in [1.82, 2.24) is 4.90 Å². The summed E-state index contributed by atoms with van der Waals surface area (Å²) in [5.74, 6) is 0.638. The molecule has 0 aromatic heterocycles. The highest BCUT2D eigenvalue weighted by molar-refractivity contribution is 4.76. The Morgan fingerprint density at radius 2 is 2.12 bits per heavy atom. The van der Waals surface area contributed by atoms with Gasteiger partial charge < -0.3 is 14.7 Å². The molecule has 1 N–H and O–H groups in total. The molecule has 1 atom stereocenters. The van der Waals surface area contributed by atoms with Crippen molar-refractivity contribution in [1.29, 1.82) is 0 Å². The predicted molar refractivity (Wildman–Crippen MR) is 66.6 cm³/mol. The first-order chi connectivity index (χ1) is 7.72. The molecule has 0 saturated carbocycles. The third-order valence-electron chi connectivity index (χ3n) is 3.03. The molecule has 0 bridgehead atoms. The zero-order chi connectivity index (χ0) is 11.8. The zero-order valence-electron chi connectivity index (χ0n) is 10.8. The van der Waals surface area contributed by atoms with E-state index in [-0.39, 0.29) is 0 Å². The van der Waals surface area contributed by atoms with Gasteiger partial charge >= 0.3 is 0 Å². The zero-order valence-corrected chi connectivity index (χ0v) is 10.8. The molecule has 96 valence electrons. The lowest BCUT2D eigenvalue weighted by atomic mass is 10.2. The number of hydrogen-bond acceptors (Lipinski definition) is 3. The lowest BCUT2D eigenvalue weighted by Crippen LogP contribution is -2.25. The summed E-state index contributed by atoms with van der Waals surface area (Å²) in [6, 6.07) is 0. The molecule has 1 fully saturated rings. The molecule has 1 heterocycles. The van der Waals surface area contributed by atoms with E-state index in [2.05, 4.69) is 18.7 Å². The Hall–Kier alpha value is -0.120. The minimum atomic E-state index is 0.333. The van der Waals surface area contributed by atoms with E-state index >= 15 is 0 Å². The Kier molecular flexibility index (Phi) is 7.01. The Labute approximate surface area is 99.8 Å². The molecule has 0 spiro atoms. The molecule has 0 radical (unpaired) electrons. The summed E-state index contributed by atoms with van der Waals surface area (Å²) in [4.78, 5) is 2.49. The van der Waals surface area contributed by atoms with Gasteiger partial charge in [-0.1, -0.05) is 13.8 Å². The van der Waals surface area contributed by atoms with E-state index in [0.29, 0.717) is 18.6 Å². The van der Waals surface area contributed by atoms with Gasteiger partial charge in [0.05, 0.1) is 6.10 Å². The third-order valence-corrected chi connectivity index (χ3v) is 3.03. The Morgan fingerprint density at radius 3 is 2.81 bits per heavy atom. The first kappa shape index (κ1) is 13.9. The second-order valence-corrected chi connectivity index (χ2v) is 5.22. The Morgan fingerprint density at radius 1 is 1.31 bits per heavy atom. The summed E-state index contributed by atoms with van der Waals surface area (Å²) in [6.45, 7) is 9.07. The first-order valence-corrected chi connectivity index (χ1v) is 6.67. The number of aliphatic hydroxyl groups is 1. The van der Waals surface area contributed by atoms with Gasteiger partial charge in [0.25, 0.3) is 0 Å². The fourth-order valence-electron chi connectivity index (χ4n) is 2.09. The molecule has 1 saturated heterocycles. The molecule has 0 amide bonds. The normalized spacial score (nSPS) is 22.1. The molecule has 0 aromatic rings. The van der Waals surface area contributed by atoms with E-state index in [4.69, 9.17) is 9.84 Å². The number of ether oxygens (including phenoxy) is 1. The highest BCUT2D eigenvalue weighted by Crippen LogP contribution is 2.14. The fourth-order valence-corrected chi connectivity index (χ4v) is 2.09. The monoisotopic (exact) mass is 229 g/mol. The van der Waals surface area contributed by atoms with Crippen LogP contribution < -0.4 is 0 Å². The molecule has 1 aliphatic rings. The van der Waals surface area contributed by atoms with Crippen molar-refractivity contribution in [3.05, 3.63) is 0 Å². The highest BCUT2D eigenvalue weighted by atomic mass is 16.5. The van der Waals surface area contributed by atoms with Gasteiger partial charge in [-0.2, -0.15) is 0 Å². The molecule has 3 heteroatoms. The fraction of sp³-hybridized carbons (Fsp3) is 1.00. The van der Waals surface area contributed by atoms with Gasteiger partial charge in [0.2, 0.25) is 0 Å². The third kappa shape index (κ3) is 5.83. The molecule has 3 nitrogen and oxygen atoms in total. The van der Waals surface area contributed by atoms with Crippen LogP contribution in [-0.4, -0.2) is 49.0 Å². The topological polar surface area (TPSA) is 32.7 Å². The van der Waals surface area contributed by atoms with Gasteiger partial charge in [-0.15, -0.1) is 0 Å². The second kappa shape index (κ2) is 8.04. The molecule has 16 heavy (non-hydrogen) atoms. The van der Waals surface area contributed by atoms with Crippen LogP contribution in [0, 0.1) is 5.92 Å². The van der Waals surface area contributed by atoms with Crippen LogP contribution in [-0.2, 0) is 4.74 Å². The van der Waals surface area contributed by atoms with Crippen LogP contribution >= 0.6 is 0 Å². The molecule has 1 rings (SSSR count). The van der Waals surface area contributed by atoms with Gasteiger partial charge in [0.1, 0.15) is 0 Å². The average molecular weight is 229 g/mol. The maximum atomic E-state index is 8.69. The molecule has 0 aromatic carbocycles. The van der Waals surface area contributed by atoms with E-state index in [1.165, 1.54) is 25.9 Å². The van der Waals surface area contributed by atoms with Crippen molar-refractivity contribution in [3.63, 3.8) is 0 Å². The molecule has 1 aliphatic heterocycles. The van der Waals surface area contributed by atoms with Gasteiger partial charge in [-0.3, -0.25) is 0 Å². The summed E-state index contributed by atoms with van der Waals surface area (Å²) in [7, 11) is 0. The summed E-state index contributed by atoms with van der Waals surface area (Å²) in [6.07, 6.45) is 4.94. The average Bonchev–Trinajstić information content (AvgIpc) is 2.70. The maximum Gasteiger partial charge on any atom is 0.0714 e. The Bertz CT molecular complexity index is 173. The van der Waals surface area contributed by atoms with Crippen LogP contribution in [0.1, 0.15) is 39.5 Å². The van der Waals surface area contributed by atoms with Gasteiger partial charge in [-0.25, -0.2) is 0 Å². The SMILES string of the molecule is CC(C)COC1CCN(CCCCCO)C1. The van der Waals surface area contributed by atoms with Crippen molar-refractivity contribution in [2.75, 3.05) is 32.8 Å². The van der Waals surface area contributed by atoms with Crippen molar-refractivity contribution >= 4 is 0 Å². The van der Waals surface area contributed by atoms with Gasteiger partial charge in [0.15, 0.2) is 0 Å². The molecular weight excluding hydrogens is 202 g/mol. The Balaban J connectivity index is 2.01. The minimum absolute atomic E-state index is 0.333.